The molecule has 1 aromatic rings. The first-order chi connectivity index (χ1) is 12.0. The summed E-state index contributed by atoms with van der Waals surface area (Å²) in [5.74, 6) is 0.727. The van der Waals surface area contributed by atoms with Gasteiger partial charge in [-0.25, -0.2) is 13.1 Å². The van der Waals surface area contributed by atoms with Crippen LogP contribution < -0.4 is 9.46 Å². The van der Waals surface area contributed by atoms with Gasteiger partial charge in [0.1, 0.15) is 5.75 Å². The molecule has 0 atom stereocenters. The zero-order valence-corrected chi connectivity index (χ0v) is 15.6. The topological polar surface area (TPSA) is 75.6 Å². The van der Waals surface area contributed by atoms with Crippen molar-refractivity contribution >= 4 is 10.0 Å². The maximum absolute atomic E-state index is 12.6. The first-order valence-corrected chi connectivity index (χ1v) is 10.9. The summed E-state index contributed by atoms with van der Waals surface area (Å²) in [5, 5.41) is 9.73. The van der Waals surface area contributed by atoms with Crippen molar-refractivity contribution in [2.75, 3.05) is 13.2 Å². The number of hydrogen-bond donors (Lipinski definition) is 2. The predicted molar refractivity (Wildman–Crippen MR) is 97.1 cm³/mol. The van der Waals surface area contributed by atoms with Gasteiger partial charge in [0.25, 0.3) is 0 Å². The molecule has 0 amide bonds. The Morgan fingerprint density at radius 1 is 1.04 bits per heavy atom. The standard InChI is InChI=1S/C19H29NO4S/c21-15-19(12-4-1-5-13-19)14-20-25(22,23)18-10-8-17(9-11-18)24-16-6-2-3-7-16/h8-11,16,20-21H,1-7,12-15H2. The van der Waals surface area contributed by atoms with Crippen molar-refractivity contribution < 1.29 is 18.3 Å². The zero-order chi connectivity index (χ0) is 17.8. The Morgan fingerprint density at radius 2 is 1.68 bits per heavy atom. The summed E-state index contributed by atoms with van der Waals surface area (Å²) < 4.78 is 33.7. The van der Waals surface area contributed by atoms with E-state index in [0.29, 0.717) is 6.54 Å². The minimum atomic E-state index is -3.57. The van der Waals surface area contributed by atoms with E-state index in [0.717, 1.165) is 50.7 Å². The molecule has 0 radical (unpaired) electrons. The molecule has 2 aliphatic rings. The SMILES string of the molecule is O=S(=O)(NCC1(CO)CCCCC1)c1ccc(OC2CCCC2)cc1. The van der Waals surface area contributed by atoms with E-state index in [1.165, 1.54) is 12.8 Å². The maximum Gasteiger partial charge on any atom is 0.240 e. The second-order valence-corrected chi connectivity index (χ2v) is 9.31. The molecular formula is C19H29NO4S. The number of sulfonamides is 1. The molecule has 0 heterocycles. The minimum absolute atomic E-state index is 0.0314. The number of aliphatic hydroxyl groups is 1. The first kappa shape index (κ1) is 18.7. The van der Waals surface area contributed by atoms with Crippen LogP contribution >= 0.6 is 0 Å². The smallest absolute Gasteiger partial charge is 0.240 e. The molecule has 0 unspecified atom stereocenters. The van der Waals surface area contributed by atoms with Crippen molar-refractivity contribution in [3.8, 4) is 5.75 Å². The maximum atomic E-state index is 12.6. The van der Waals surface area contributed by atoms with E-state index in [1.807, 2.05) is 0 Å². The number of aliphatic hydroxyl groups excluding tert-OH is 1. The Labute approximate surface area is 150 Å². The summed E-state index contributed by atoms with van der Waals surface area (Å²) >= 11 is 0. The Hall–Kier alpha value is -1.11. The lowest BCUT2D eigenvalue weighted by Gasteiger charge is -2.35. The van der Waals surface area contributed by atoms with E-state index in [4.69, 9.17) is 4.74 Å². The Bertz CT molecular complexity index is 645. The summed E-state index contributed by atoms with van der Waals surface area (Å²) in [7, 11) is -3.57. The van der Waals surface area contributed by atoms with E-state index in [-0.39, 0.29) is 23.0 Å². The number of ether oxygens (including phenoxy) is 1. The van der Waals surface area contributed by atoms with E-state index >= 15 is 0 Å². The average molecular weight is 368 g/mol. The molecule has 0 aliphatic heterocycles. The lowest BCUT2D eigenvalue weighted by Crippen LogP contribution is -2.41. The van der Waals surface area contributed by atoms with Crippen molar-refractivity contribution in [1.29, 1.82) is 0 Å². The van der Waals surface area contributed by atoms with Crippen LogP contribution in [-0.4, -0.2) is 32.8 Å². The van der Waals surface area contributed by atoms with Gasteiger partial charge in [0, 0.05) is 18.6 Å². The van der Waals surface area contributed by atoms with Gasteiger partial charge in [-0.15, -0.1) is 0 Å². The zero-order valence-electron chi connectivity index (χ0n) is 14.7. The fraction of sp³-hybridized carbons (Fsp3) is 0.684. The molecule has 5 nitrogen and oxygen atoms in total. The molecular weight excluding hydrogens is 338 g/mol. The van der Waals surface area contributed by atoms with Crippen LogP contribution in [0.3, 0.4) is 0 Å². The molecule has 6 heteroatoms. The normalized spacial score (nSPS) is 21.3. The molecule has 0 aromatic heterocycles. The molecule has 2 N–H and O–H groups in total. The van der Waals surface area contributed by atoms with Crippen molar-refractivity contribution in [1.82, 2.24) is 4.72 Å². The van der Waals surface area contributed by atoms with Gasteiger partial charge >= 0.3 is 0 Å². The summed E-state index contributed by atoms with van der Waals surface area (Å²) in [4.78, 5) is 0.246. The largest absolute Gasteiger partial charge is 0.490 e. The third-order valence-corrected chi connectivity index (χ3v) is 7.04. The average Bonchev–Trinajstić information content (AvgIpc) is 3.14. The van der Waals surface area contributed by atoms with Crippen molar-refractivity contribution in [3.63, 3.8) is 0 Å². The summed E-state index contributed by atoms with van der Waals surface area (Å²) in [6.07, 6.45) is 9.83. The quantitative estimate of drug-likeness (QED) is 0.776. The Kier molecular flexibility index (Phi) is 6.02. The van der Waals surface area contributed by atoms with Crippen LogP contribution in [0.1, 0.15) is 57.8 Å². The summed E-state index contributed by atoms with van der Waals surface area (Å²) in [6, 6.07) is 6.66. The molecule has 2 fully saturated rings. The highest BCUT2D eigenvalue weighted by molar-refractivity contribution is 7.89. The van der Waals surface area contributed by atoms with E-state index < -0.39 is 10.0 Å². The summed E-state index contributed by atoms with van der Waals surface area (Å²) in [5.41, 5.74) is -0.309. The van der Waals surface area contributed by atoms with Gasteiger partial charge in [0.15, 0.2) is 0 Å². The highest BCUT2D eigenvalue weighted by Crippen LogP contribution is 2.35. The highest BCUT2D eigenvalue weighted by Gasteiger charge is 2.32. The van der Waals surface area contributed by atoms with Gasteiger partial charge in [-0.2, -0.15) is 0 Å². The molecule has 25 heavy (non-hydrogen) atoms. The molecule has 1 aromatic carbocycles. The van der Waals surface area contributed by atoms with Crippen LogP contribution in [0, 0.1) is 5.41 Å². The van der Waals surface area contributed by atoms with Crippen LogP contribution in [-0.2, 0) is 10.0 Å². The number of nitrogens with one attached hydrogen (secondary N) is 1. The highest BCUT2D eigenvalue weighted by atomic mass is 32.2. The second-order valence-electron chi connectivity index (χ2n) is 7.54. The Morgan fingerprint density at radius 3 is 2.28 bits per heavy atom. The number of hydrogen-bond acceptors (Lipinski definition) is 4. The van der Waals surface area contributed by atoms with Crippen LogP contribution in [0.2, 0.25) is 0 Å². The molecule has 0 saturated heterocycles. The Balaban J connectivity index is 1.61. The molecule has 0 bridgehead atoms. The van der Waals surface area contributed by atoms with Crippen LogP contribution in [0.4, 0.5) is 0 Å². The van der Waals surface area contributed by atoms with Crippen molar-refractivity contribution in [3.05, 3.63) is 24.3 Å². The van der Waals surface area contributed by atoms with Crippen molar-refractivity contribution in [2.45, 2.75) is 68.8 Å². The molecule has 2 saturated carbocycles. The van der Waals surface area contributed by atoms with Gasteiger partial charge in [0.05, 0.1) is 11.0 Å². The first-order valence-electron chi connectivity index (χ1n) is 9.40. The molecule has 0 spiro atoms. The predicted octanol–water partition coefficient (Wildman–Crippen LogP) is 3.23. The van der Waals surface area contributed by atoms with E-state index in [2.05, 4.69) is 4.72 Å². The fourth-order valence-electron chi connectivity index (χ4n) is 3.92. The summed E-state index contributed by atoms with van der Waals surface area (Å²) in [6.45, 7) is 0.329. The second kappa shape index (κ2) is 8.06. The van der Waals surface area contributed by atoms with Crippen LogP contribution in [0.25, 0.3) is 0 Å². The minimum Gasteiger partial charge on any atom is -0.490 e. The number of benzene rings is 1. The van der Waals surface area contributed by atoms with Gasteiger partial charge in [0.2, 0.25) is 10.0 Å². The van der Waals surface area contributed by atoms with Gasteiger partial charge in [-0.3, -0.25) is 0 Å². The van der Waals surface area contributed by atoms with Gasteiger partial charge in [-0.05, 0) is 62.8 Å². The van der Waals surface area contributed by atoms with Crippen LogP contribution in [0.15, 0.2) is 29.2 Å². The van der Waals surface area contributed by atoms with Crippen molar-refractivity contribution in [2.24, 2.45) is 5.41 Å². The molecule has 140 valence electrons. The molecule has 2 aliphatic carbocycles. The lowest BCUT2D eigenvalue weighted by molar-refractivity contribution is 0.0867. The number of rotatable bonds is 7. The third kappa shape index (κ3) is 4.74. The fourth-order valence-corrected chi connectivity index (χ4v) is 5.08. The van der Waals surface area contributed by atoms with Gasteiger partial charge in [-0.1, -0.05) is 19.3 Å². The van der Waals surface area contributed by atoms with Gasteiger partial charge < -0.3 is 9.84 Å². The van der Waals surface area contributed by atoms with E-state index in [9.17, 15) is 13.5 Å². The molecule has 3 rings (SSSR count). The lowest BCUT2D eigenvalue weighted by atomic mass is 9.75. The van der Waals surface area contributed by atoms with Crippen LogP contribution in [0.5, 0.6) is 5.75 Å². The van der Waals surface area contributed by atoms with E-state index in [1.54, 1.807) is 24.3 Å². The monoisotopic (exact) mass is 367 g/mol. The third-order valence-electron chi connectivity index (χ3n) is 5.63.